The second-order valence-electron chi connectivity index (χ2n) is 4.74. The van der Waals surface area contributed by atoms with Crippen molar-refractivity contribution >= 4 is 5.82 Å². The van der Waals surface area contributed by atoms with Crippen LogP contribution in [0.25, 0.3) is 0 Å². The average molecular weight is 203 g/mol. The predicted molar refractivity (Wildman–Crippen MR) is 61.5 cm³/mol. The molecule has 1 atom stereocenters. The normalized spacial score (nSPS) is 13.0. The molecule has 1 aromatic heterocycles. The molecule has 1 unspecified atom stereocenters. The van der Waals surface area contributed by atoms with Crippen LogP contribution in [0.1, 0.15) is 33.3 Å². The third-order valence-corrected chi connectivity index (χ3v) is 2.58. The summed E-state index contributed by atoms with van der Waals surface area (Å²) in [5.74, 6) is 0.669. The minimum Gasteiger partial charge on any atom is -0.366 e. The summed E-state index contributed by atoms with van der Waals surface area (Å²) in [5.41, 5.74) is 0.734. The van der Waals surface area contributed by atoms with Gasteiger partial charge in [0.15, 0.2) is 0 Å². The van der Waals surface area contributed by atoms with Gasteiger partial charge in [-0.1, -0.05) is 20.8 Å². The lowest BCUT2D eigenvalue weighted by molar-refractivity contribution is 0.358. The smallest absolute Gasteiger partial charge is 0.144 e. The monoisotopic (exact) mass is 203 g/mol. The molecule has 80 valence electrons. The maximum Gasteiger partial charge on any atom is 0.144 e. The van der Waals surface area contributed by atoms with Crippen molar-refractivity contribution in [3.8, 4) is 6.07 Å². The standard InChI is InChI=1S/C12H17N3/c1-9(12(2,3)4)15-11-10(8-13)6-5-7-14-11/h5-7,9H,1-4H3,(H,14,15). The number of hydrogen-bond acceptors (Lipinski definition) is 3. The molecule has 0 aliphatic heterocycles. The number of anilines is 1. The molecule has 0 aliphatic carbocycles. The summed E-state index contributed by atoms with van der Waals surface area (Å²) >= 11 is 0. The van der Waals surface area contributed by atoms with Gasteiger partial charge in [0.1, 0.15) is 11.9 Å². The van der Waals surface area contributed by atoms with Gasteiger partial charge in [-0.25, -0.2) is 4.98 Å². The van der Waals surface area contributed by atoms with Crippen LogP contribution in [0.5, 0.6) is 0 Å². The zero-order valence-corrected chi connectivity index (χ0v) is 9.70. The first kappa shape index (κ1) is 11.5. The van der Waals surface area contributed by atoms with Gasteiger partial charge in [-0.05, 0) is 24.5 Å². The van der Waals surface area contributed by atoms with Gasteiger partial charge in [0.25, 0.3) is 0 Å². The number of nitriles is 1. The van der Waals surface area contributed by atoms with Crippen LogP contribution < -0.4 is 5.32 Å². The van der Waals surface area contributed by atoms with Crippen molar-refractivity contribution in [3.63, 3.8) is 0 Å². The molecule has 1 aromatic rings. The Morgan fingerprint density at radius 1 is 1.47 bits per heavy atom. The van der Waals surface area contributed by atoms with Crippen molar-refractivity contribution in [2.45, 2.75) is 33.7 Å². The molecular weight excluding hydrogens is 186 g/mol. The molecule has 0 aliphatic rings. The molecule has 1 heterocycles. The Morgan fingerprint density at radius 3 is 2.67 bits per heavy atom. The molecule has 0 radical (unpaired) electrons. The third-order valence-electron chi connectivity index (χ3n) is 2.58. The zero-order valence-electron chi connectivity index (χ0n) is 9.70. The van der Waals surface area contributed by atoms with E-state index in [0.29, 0.717) is 11.4 Å². The number of aromatic nitrogens is 1. The molecule has 0 spiro atoms. The average Bonchev–Trinajstić information content (AvgIpc) is 2.17. The molecule has 15 heavy (non-hydrogen) atoms. The quantitative estimate of drug-likeness (QED) is 0.804. The molecule has 3 nitrogen and oxygen atoms in total. The summed E-state index contributed by atoms with van der Waals surface area (Å²) < 4.78 is 0. The third kappa shape index (κ3) is 2.95. The van der Waals surface area contributed by atoms with E-state index in [1.54, 1.807) is 18.3 Å². The van der Waals surface area contributed by atoms with E-state index in [1.807, 2.05) is 0 Å². The fourth-order valence-corrected chi connectivity index (χ4v) is 1.03. The van der Waals surface area contributed by atoms with E-state index >= 15 is 0 Å². The number of hydrogen-bond donors (Lipinski definition) is 1. The number of pyridine rings is 1. The second-order valence-corrected chi connectivity index (χ2v) is 4.74. The highest BCUT2D eigenvalue weighted by Gasteiger charge is 2.20. The first-order chi connectivity index (χ1) is 6.95. The highest BCUT2D eigenvalue weighted by Crippen LogP contribution is 2.23. The Kier molecular flexibility index (Phi) is 3.31. The Morgan fingerprint density at radius 2 is 2.13 bits per heavy atom. The Balaban J connectivity index is 2.86. The maximum atomic E-state index is 8.90. The fourth-order valence-electron chi connectivity index (χ4n) is 1.03. The van der Waals surface area contributed by atoms with Crippen molar-refractivity contribution in [3.05, 3.63) is 23.9 Å². The van der Waals surface area contributed by atoms with Gasteiger partial charge in [0.05, 0.1) is 5.56 Å². The van der Waals surface area contributed by atoms with E-state index in [2.05, 4.69) is 44.1 Å². The van der Waals surface area contributed by atoms with Gasteiger partial charge in [0.2, 0.25) is 0 Å². The maximum absolute atomic E-state index is 8.90. The van der Waals surface area contributed by atoms with E-state index in [9.17, 15) is 0 Å². The Hall–Kier alpha value is -1.56. The first-order valence-electron chi connectivity index (χ1n) is 5.07. The van der Waals surface area contributed by atoms with Crippen molar-refractivity contribution < 1.29 is 0 Å². The second kappa shape index (κ2) is 4.31. The van der Waals surface area contributed by atoms with E-state index in [-0.39, 0.29) is 11.5 Å². The molecule has 0 amide bonds. The molecule has 0 saturated carbocycles. The minimum atomic E-state index is 0.143. The lowest BCUT2D eigenvalue weighted by atomic mass is 9.88. The largest absolute Gasteiger partial charge is 0.366 e. The van der Waals surface area contributed by atoms with Crippen LogP contribution in [0.2, 0.25) is 0 Å². The van der Waals surface area contributed by atoms with Crippen LogP contribution >= 0.6 is 0 Å². The summed E-state index contributed by atoms with van der Waals surface area (Å²) in [6, 6.07) is 5.93. The highest BCUT2D eigenvalue weighted by atomic mass is 15.0. The summed E-state index contributed by atoms with van der Waals surface area (Å²) in [5, 5.41) is 12.2. The van der Waals surface area contributed by atoms with Crippen LogP contribution in [0, 0.1) is 16.7 Å². The van der Waals surface area contributed by atoms with Crippen LogP contribution in [0.4, 0.5) is 5.82 Å². The summed E-state index contributed by atoms with van der Waals surface area (Å²) in [7, 11) is 0. The fraction of sp³-hybridized carbons (Fsp3) is 0.500. The van der Waals surface area contributed by atoms with Crippen LogP contribution in [-0.4, -0.2) is 11.0 Å². The van der Waals surface area contributed by atoms with E-state index in [0.717, 1.165) is 0 Å². The van der Waals surface area contributed by atoms with E-state index < -0.39 is 0 Å². The molecule has 1 N–H and O–H groups in total. The van der Waals surface area contributed by atoms with Gasteiger partial charge in [0, 0.05) is 12.2 Å². The number of nitrogens with zero attached hydrogens (tertiary/aromatic N) is 2. The predicted octanol–water partition coefficient (Wildman–Crippen LogP) is 2.80. The number of rotatable bonds is 2. The van der Waals surface area contributed by atoms with Crippen molar-refractivity contribution in [1.82, 2.24) is 4.98 Å². The minimum absolute atomic E-state index is 0.143. The topological polar surface area (TPSA) is 48.7 Å². The van der Waals surface area contributed by atoms with Gasteiger partial charge < -0.3 is 5.32 Å². The van der Waals surface area contributed by atoms with Crippen LogP contribution in [0.15, 0.2) is 18.3 Å². The van der Waals surface area contributed by atoms with Crippen LogP contribution in [0.3, 0.4) is 0 Å². The van der Waals surface area contributed by atoms with Gasteiger partial charge in [-0.3, -0.25) is 0 Å². The van der Waals surface area contributed by atoms with E-state index in [1.165, 1.54) is 0 Å². The summed E-state index contributed by atoms with van der Waals surface area (Å²) in [6.45, 7) is 8.55. The molecule has 0 aromatic carbocycles. The van der Waals surface area contributed by atoms with Crippen molar-refractivity contribution in [1.29, 1.82) is 5.26 Å². The van der Waals surface area contributed by atoms with E-state index in [4.69, 9.17) is 5.26 Å². The van der Waals surface area contributed by atoms with Gasteiger partial charge in [-0.2, -0.15) is 5.26 Å². The molecule has 3 heteroatoms. The molecule has 0 fully saturated rings. The Bertz CT molecular complexity index is 371. The molecular formula is C12H17N3. The number of nitrogens with one attached hydrogen (secondary N) is 1. The van der Waals surface area contributed by atoms with Gasteiger partial charge >= 0.3 is 0 Å². The lowest BCUT2D eigenvalue weighted by Gasteiger charge is -2.28. The molecule has 0 bridgehead atoms. The first-order valence-corrected chi connectivity index (χ1v) is 5.07. The van der Waals surface area contributed by atoms with Crippen molar-refractivity contribution in [2.75, 3.05) is 5.32 Å². The molecule has 0 saturated heterocycles. The SMILES string of the molecule is CC(Nc1ncccc1C#N)C(C)(C)C. The highest BCUT2D eigenvalue weighted by molar-refractivity contribution is 5.51. The molecule has 1 rings (SSSR count). The zero-order chi connectivity index (χ0) is 11.5. The lowest BCUT2D eigenvalue weighted by Crippen LogP contribution is -2.31. The van der Waals surface area contributed by atoms with Crippen molar-refractivity contribution in [2.24, 2.45) is 5.41 Å². The summed E-state index contributed by atoms with van der Waals surface area (Å²) in [6.07, 6.45) is 1.69. The van der Waals surface area contributed by atoms with Crippen LogP contribution in [-0.2, 0) is 0 Å². The van der Waals surface area contributed by atoms with Gasteiger partial charge in [-0.15, -0.1) is 0 Å². The Labute approximate surface area is 91.1 Å². The summed E-state index contributed by atoms with van der Waals surface area (Å²) in [4.78, 5) is 4.17.